The second-order valence-corrected chi connectivity index (χ2v) is 16.1. The summed E-state index contributed by atoms with van der Waals surface area (Å²) in [6.45, 7) is 18.5. The number of allylic oxidation sites excluding steroid dienone is 1. The van der Waals surface area contributed by atoms with Crippen molar-refractivity contribution in [3.63, 3.8) is 0 Å². The lowest BCUT2D eigenvalue weighted by molar-refractivity contribution is -0.166. The number of rotatable bonds is 17. The first kappa shape index (κ1) is 41.8. The quantitative estimate of drug-likeness (QED) is 0.0777. The predicted molar refractivity (Wildman–Crippen MR) is 212 cm³/mol. The number of piperidine rings is 1. The maximum atomic E-state index is 15.0. The number of hydrogen-bond donors (Lipinski definition) is 0. The lowest BCUT2D eigenvalue weighted by atomic mass is 9.92. The standard InChI is InChI=1S/C44H58F2N4O5/c1-9-52-42(51)40(55-43(5,6)7)38-31(4)47-37-28-35(20-15-19-33-26-34(45)27-36(46)39(33)53-29-32-17-11-10-12-18-32)48-50(37)41(38)49-23-21-44(8,22-24-49)54-25-14-13-16-30(2)3/h10-12,15,17-18,20,26-28,30,40H,9,13-14,16,19,21-25,29H2,1-8H3/t40-/m0/s1. The molecule has 0 bridgehead atoms. The summed E-state index contributed by atoms with van der Waals surface area (Å²) in [6, 6.07) is 13.4. The van der Waals surface area contributed by atoms with Crippen molar-refractivity contribution in [2.24, 2.45) is 5.92 Å². The molecule has 2 aromatic heterocycles. The predicted octanol–water partition coefficient (Wildman–Crippen LogP) is 9.77. The molecule has 1 atom stereocenters. The minimum absolute atomic E-state index is 0.00890. The van der Waals surface area contributed by atoms with E-state index >= 15 is 0 Å². The van der Waals surface area contributed by atoms with E-state index in [-0.39, 0.29) is 31.0 Å². The number of nitrogens with zero attached hydrogens (tertiary/aromatic N) is 4. The minimum atomic E-state index is -1.04. The van der Waals surface area contributed by atoms with Gasteiger partial charge >= 0.3 is 5.97 Å². The summed E-state index contributed by atoms with van der Waals surface area (Å²) in [5.41, 5.74) is 2.72. The Balaban J connectivity index is 1.46. The van der Waals surface area contributed by atoms with Gasteiger partial charge in [0.15, 0.2) is 23.3 Å². The highest BCUT2D eigenvalue weighted by atomic mass is 19.1. The van der Waals surface area contributed by atoms with Gasteiger partial charge in [-0.2, -0.15) is 9.61 Å². The summed E-state index contributed by atoms with van der Waals surface area (Å²) >= 11 is 0. The van der Waals surface area contributed by atoms with Gasteiger partial charge in [-0.05, 0) is 90.8 Å². The average Bonchev–Trinajstić information content (AvgIpc) is 3.52. The zero-order valence-electron chi connectivity index (χ0n) is 33.8. The Kier molecular flexibility index (Phi) is 14.1. The van der Waals surface area contributed by atoms with Crippen molar-refractivity contribution in [3.05, 3.63) is 94.3 Å². The Morgan fingerprint density at radius 2 is 1.78 bits per heavy atom. The van der Waals surface area contributed by atoms with Crippen LogP contribution in [0.15, 0.2) is 54.6 Å². The van der Waals surface area contributed by atoms with E-state index in [1.807, 2.05) is 64.1 Å². The van der Waals surface area contributed by atoms with E-state index < -0.39 is 29.3 Å². The highest BCUT2D eigenvalue weighted by molar-refractivity contribution is 5.80. The van der Waals surface area contributed by atoms with Crippen LogP contribution in [0.4, 0.5) is 14.6 Å². The van der Waals surface area contributed by atoms with Crippen LogP contribution in [0.3, 0.4) is 0 Å². The summed E-state index contributed by atoms with van der Waals surface area (Å²) in [5.74, 6) is -0.522. The number of aromatic nitrogens is 3. The van der Waals surface area contributed by atoms with Gasteiger partial charge in [-0.3, -0.25) is 0 Å². The number of hydrogen-bond acceptors (Lipinski definition) is 8. The Labute approximate surface area is 325 Å². The number of carbonyl (C=O) groups excluding carboxylic acids is 1. The molecule has 5 rings (SSSR count). The molecule has 1 saturated heterocycles. The van der Waals surface area contributed by atoms with Crippen LogP contribution >= 0.6 is 0 Å². The normalized spacial score (nSPS) is 15.3. The number of halogens is 2. The number of benzene rings is 2. The summed E-state index contributed by atoms with van der Waals surface area (Å²) in [4.78, 5) is 20.8. The van der Waals surface area contributed by atoms with E-state index in [4.69, 9.17) is 29.0 Å². The molecule has 0 unspecified atom stereocenters. The molecule has 11 heteroatoms. The molecule has 1 fully saturated rings. The maximum Gasteiger partial charge on any atom is 0.340 e. The highest BCUT2D eigenvalue weighted by Crippen LogP contribution is 2.38. The first-order valence-electron chi connectivity index (χ1n) is 19.6. The second kappa shape index (κ2) is 18.5. The number of carbonyl (C=O) groups is 1. The van der Waals surface area contributed by atoms with Gasteiger partial charge < -0.3 is 23.8 Å². The van der Waals surface area contributed by atoms with E-state index in [0.29, 0.717) is 53.0 Å². The van der Waals surface area contributed by atoms with Crippen molar-refractivity contribution in [2.45, 2.75) is 118 Å². The van der Waals surface area contributed by atoms with Gasteiger partial charge in [0.05, 0.1) is 29.1 Å². The molecule has 0 saturated carbocycles. The van der Waals surface area contributed by atoms with Crippen molar-refractivity contribution >= 4 is 23.5 Å². The average molecular weight is 761 g/mol. The Morgan fingerprint density at radius 1 is 1.05 bits per heavy atom. The molecule has 0 N–H and O–H groups in total. The summed E-state index contributed by atoms with van der Waals surface area (Å²) in [7, 11) is 0. The second-order valence-electron chi connectivity index (χ2n) is 16.1. The molecule has 2 aromatic carbocycles. The van der Waals surface area contributed by atoms with Crippen LogP contribution in [-0.2, 0) is 32.0 Å². The third kappa shape index (κ3) is 11.4. The molecular formula is C44H58F2N4O5. The first-order valence-corrected chi connectivity index (χ1v) is 19.6. The molecular weight excluding hydrogens is 703 g/mol. The van der Waals surface area contributed by atoms with Crippen LogP contribution in [-0.4, -0.2) is 58.1 Å². The molecule has 4 aromatic rings. The Hall–Kier alpha value is -4.35. The maximum absolute atomic E-state index is 15.0. The molecule has 1 aliphatic heterocycles. The van der Waals surface area contributed by atoms with Gasteiger partial charge in [0.1, 0.15) is 18.2 Å². The van der Waals surface area contributed by atoms with Crippen molar-refractivity contribution < 1.29 is 32.5 Å². The monoisotopic (exact) mass is 760 g/mol. The first-order chi connectivity index (χ1) is 26.2. The fourth-order valence-corrected chi connectivity index (χ4v) is 6.89. The fraction of sp³-hybridized carbons (Fsp3) is 0.523. The highest BCUT2D eigenvalue weighted by Gasteiger charge is 2.38. The van der Waals surface area contributed by atoms with Crippen molar-refractivity contribution in [2.75, 3.05) is 31.2 Å². The van der Waals surface area contributed by atoms with Crippen LogP contribution in [0.2, 0.25) is 0 Å². The minimum Gasteiger partial charge on any atom is -0.486 e. The molecule has 9 nitrogen and oxygen atoms in total. The number of unbranched alkanes of at least 4 members (excludes halogenated alkanes) is 1. The summed E-state index contributed by atoms with van der Waals surface area (Å²) in [5, 5.41) is 4.97. The third-order valence-corrected chi connectivity index (χ3v) is 9.74. The molecule has 298 valence electrons. The molecule has 0 radical (unpaired) electrons. The van der Waals surface area contributed by atoms with Gasteiger partial charge in [0, 0.05) is 43.1 Å². The molecule has 3 heterocycles. The van der Waals surface area contributed by atoms with Crippen molar-refractivity contribution in [1.29, 1.82) is 0 Å². The molecule has 1 aliphatic rings. The zero-order valence-corrected chi connectivity index (χ0v) is 33.8. The SMILES string of the molecule is CCOC(=O)[C@@H](OC(C)(C)C)c1c(C)nc2cc(C=CCc3cc(F)cc(F)c3OCc3ccccc3)nn2c1N1CCC(C)(OCCCCC(C)C)CC1. The molecule has 55 heavy (non-hydrogen) atoms. The van der Waals surface area contributed by atoms with Crippen molar-refractivity contribution in [3.8, 4) is 5.75 Å². The van der Waals surface area contributed by atoms with Gasteiger partial charge in [-0.1, -0.05) is 63.1 Å². The number of esters is 1. The number of ether oxygens (including phenoxy) is 4. The van der Waals surface area contributed by atoms with Gasteiger partial charge in [-0.25, -0.2) is 18.6 Å². The van der Waals surface area contributed by atoms with E-state index in [9.17, 15) is 13.6 Å². The lowest BCUT2D eigenvalue weighted by Gasteiger charge is -2.41. The van der Waals surface area contributed by atoms with Crippen molar-refractivity contribution in [1.82, 2.24) is 14.6 Å². The van der Waals surface area contributed by atoms with Crippen LogP contribution in [0.1, 0.15) is 115 Å². The van der Waals surface area contributed by atoms with Crippen LogP contribution in [0, 0.1) is 24.5 Å². The van der Waals surface area contributed by atoms with Crippen LogP contribution in [0.5, 0.6) is 5.75 Å². The molecule has 0 aliphatic carbocycles. The van der Waals surface area contributed by atoms with Gasteiger partial charge in [0.25, 0.3) is 0 Å². The number of anilines is 1. The van der Waals surface area contributed by atoms with Gasteiger partial charge in [0.2, 0.25) is 0 Å². The van der Waals surface area contributed by atoms with E-state index in [1.54, 1.807) is 23.6 Å². The Morgan fingerprint density at radius 3 is 2.45 bits per heavy atom. The molecule has 0 amide bonds. The molecule has 0 spiro atoms. The largest absolute Gasteiger partial charge is 0.486 e. The lowest BCUT2D eigenvalue weighted by Crippen LogP contribution is -2.46. The van der Waals surface area contributed by atoms with E-state index in [0.717, 1.165) is 43.9 Å². The topological polar surface area (TPSA) is 87.4 Å². The van der Waals surface area contributed by atoms with Crippen LogP contribution < -0.4 is 9.64 Å². The van der Waals surface area contributed by atoms with E-state index in [2.05, 4.69) is 25.7 Å². The Bertz CT molecular complexity index is 1910. The van der Waals surface area contributed by atoms with Gasteiger partial charge in [-0.15, -0.1) is 0 Å². The number of fused-ring (bicyclic) bond motifs is 1. The van der Waals surface area contributed by atoms with Crippen LogP contribution in [0.25, 0.3) is 11.7 Å². The van der Waals surface area contributed by atoms with E-state index in [1.165, 1.54) is 12.5 Å². The fourth-order valence-electron chi connectivity index (χ4n) is 6.89. The number of aryl methyl sites for hydroxylation is 1. The zero-order chi connectivity index (χ0) is 39.8. The summed E-state index contributed by atoms with van der Waals surface area (Å²) in [6.07, 6.45) is 7.71. The smallest absolute Gasteiger partial charge is 0.340 e. The third-order valence-electron chi connectivity index (χ3n) is 9.74. The summed E-state index contributed by atoms with van der Waals surface area (Å²) < 4.78 is 55.5.